The van der Waals surface area contributed by atoms with Gasteiger partial charge in [0, 0.05) is 18.3 Å². The van der Waals surface area contributed by atoms with Crippen LogP contribution < -0.4 is 10.1 Å². The lowest BCUT2D eigenvalue weighted by Gasteiger charge is -2.14. The summed E-state index contributed by atoms with van der Waals surface area (Å²) in [6, 6.07) is 6.91. The number of hydrogen-bond acceptors (Lipinski definition) is 6. The molecule has 1 atom stereocenters. The van der Waals surface area contributed by atoms with Crippen molar-refractivity contribution in [2.45, 2.75) is 13.0 Å². The SMILES string of the molecule is COc1ccc([N+](=O)[O-])cc1NC(=O)[C@@H](C)OC(=O)c1ccc[nH]1. The summed E-state index contributed by atoms with van der Waals surface area (Å²) in [7, 11) is 1.37. The Hall–Kier alpha value is -3.36. The molecule has 2 rings (SSSR count). The predicted molar refractivity (Wildman–Crippen MR) is 83.9 cm³/mol. The number of H-pyrrole nitrogens is 1. The summed E-state index contributed by atoms with van der Waals surface area (Å²) in [4.78, 5) is 36.8. The standard InChI is InChI=1S/C15H15N3O6/c1-9(24-15(20)11-4-3-7-16-11)14(19)17-12-8-10(18(21)22)5-6-13(12)23-2/h3-9,16H,1-2H3,(H,17,19)/t9-/m1/s1. The van der Waals surface area contributed by atoms with Gasteiger partial charge in [0.2, 0.25) is 0 Å². The fourth-order valence-electron chi connectivity index (χ4n) is 1.88. The second-order valence-corrected chi connectivity index (χ2v) is 4.76. The van der Waals surface area contributed by atoms with E-state index in [1.807, 2.05) is 0 Å². The number of rotatable bonds is 6. The van der Waals surface area contributed by atoms with Crippen LogP contribution in [0.2, 0.25) is 0 Å². The van der Waals surface area contributed by atoms with E-state index in [2.05, 4.69) is 10.3 Å². The van der Waals surface area contributed by atoms with Gasteiger partial charge in [-0.3, -0.25) is 14.9 Å². The summed E-state index contributed by atoms with van der Waals surface area (Å²) in [6.07, 6.45) is 0.444. The molecule has 9 heteroatoms. The van der Waals surface area contributed by atoms with E-state index in [0.29, 0.717) is 0 Å². The lowest BCUT2D eigenvalue weighted by molar-refractivity contribution is -0.384. The number of anilines is 1. The van der Waals surface area contributed by atoms with Crippen LogP contribution in [-0.2, 0) is 9.53 Å². The number of aromatic amines is 1. The van der Waals surface area contributed by atoms with Gasteiger partial charge in [-0.2, -0.15) is 0 Å². The molecule has 24 heavy (non-hydrogen) atoms. The Balaban J connectivity index is 2.09. The Bertz CT molecular complexity index is 757. The van der Waals surface area contributed by atoms with Crippen molar-refractivity contribution in [3.63, 3.8) is 0 Å². The third-order valence-electron chi connectivity index (χ3n) is 3.12. The largest absolute Gasteiger partial charge is 0.495 e. The molecule has 0 aliphatic heterocycles. The lowest BCUT2D eigenvalue weighted by Crippen LogP contribution is -2.30. The molecule has 1 aromatic heterocycles. The van der Waals surface area contributed by atoms with Crippen LogP contribution in [0.5, 0.6) is 5.75 Å². The van der Waals surface area contributed by atoms with E-state index in [4.69, 9.17) is 9.47 Å². The number of carbonyl (C=O) groups excluding carboxylic acids is 2. The summed E-state index contributed by atoms with van der Waals surface area (Å²) in [5, 5.41) is 13.3. The molecular weight excluding hydrogens is 318 g/mol. The number of amides is 1. The van der Waals surface area contributed by atoms with Gasteiger partial charge in [-0.15, -0.1) is 0 Å². The molecule has 1 aromatic carbocycles. The molecule has 2 N–H and O–H groups in total. The van der Waals surface area contributed by atoms with Gasteiger partial charge in [-0.05, 0) is 25.1 Å². The van der Waals surface area contributed by atoms with Gasteiger partial charge in [-0.1, -0.05) is 0 Å². The number of nitrogens with one attached hydrogen (secondary N) is 2. The third kappa shape index (κ3) is 3.88. The third-order valence-corrected chi connectivity index (χ3v) is 3.12. The van der Waals surface area contributed by atoms with Gasteiger partial charge in [0.15, 0.2) is 6.10 Å². The molecule has 9 nitrogen and oxygen atoms in total. The second kappa shape index (κ2) is 7.27. The van der Waals surface area contributed by atoms with E-state index in [0.717, 1.165) is 6.07 Å². The van der Waals surface area contributed by atoms with Crippen LogP contribution in [0.4, 0.5) is 11.4 Å². The molecule has 1 amide bonds. The zero-order chi connectivity index (χ0) is 17.7. The van der Waals surface area contributed by atoms with Crippen LogP contribution >= 0.6 is 0 Å². The number of aromatic nitrogens is 1. The monoisotopic (exact) mass is 333 g/mol. The first-order valence-electron chi connectivity index (χ1n) is 6.90. The lowest BCUT2D eigenvalue weighted by atomic mass is 10.2. The smallest absolute Gasteiger partial charge is 0.355 e. The maximum Gasteiger partial charge on any atom is 0.355 e. The Morgan fingerprint density at radius 2 is 2.08 bits per heavy atom. The van der Waals surface area contributed by atoms with Gasteiger partial charge in [0.1, 0.15) is 11.4 Å². The molecule has 0 unspecified atom stereocenters. The number of nitro groups is 1. The van der Waals surface area contributed by atoms with Crippen molar-refractivity contribution in [1.82, 2.24) is 4.98 Å². The average molecular weight is 333 g/mol. The van der Waals surface area contributed by atoms with Crippen LogP contribution in [0, 0.1) is 10.1 Å². The van der Waals surface area contributed by atoms with E-state index in [1.54, 1.807) is 12.3 Å². The molecular formula is C15H15N3O6. The number of nitro benzene ring substituents is 1. The van der Waals surface area contributed by atoms with Crippen LogP contribution in [-0.4, -0.2) is 35.0 Å². The summed E-state index contributed by atoms with van der Waals surface area (Å²) in [6.45, 7) is 1.39. The minimum absolute atomic E-state index is 0.111. The minimum atomic E-state index is -1.11. The Morgan fingerprint density at radius 1 is 1.33 bits per heavy atom. The van der Waals surface area contributed by atoms with Crippen molar-refractivity contribution < 1.29 is 24.0 Å². The number of esters is 1. The maximum atomic E-state index is 12.1. The summed E-state index contributed by atoms with van der Waals surface area (Å²) in [5.41, 5.74) is 0.115. The van der Waals surface area contributed by atoms with E-state index in [1.165, 1.54) is 32.2 Å². The number of benzene rings is 1. The van der Waals surface area contributed by atoms with Gasteiger partial charge in [0.25, 0.3) is 11.6 Å². The first-order chi connectivity index (χ1) is 11.4. The van der Waals surface area contributed by atoms with E-state index < -0.39 is 22.9 Å². The molecule has 0 radical (unpaired) electrons. The van der Waals surface area contributed by atoms with Gasteiger partial charge in [-0.25, -0.2) is 4.79 Å². The highest BCUT2D eigenvalue weighted by atomic mass is 16.6. The highest BCUT2D eigenvalue weighted by Gasteiger charge is 2.21. The number of hydrogen-bond donors (Lipinski definition) is 2. The normalized spacial score (nSPS) is 11.4. The van der Waals surface area contributed by atoms with Crippen LogP contribution in [0.1, 0.15) is 17.4 Å². The highest BCUT2D eigenvalue weighted by molar-refractivity contribution is 5.98. The molecule has 0 aliphatic carbocycles. The van der Waals surface area contributed by atoms with Crippen molar-refractivity contribution in [1.29, 1.82) is 0 Å². The molecule has 0 saturated carbocycles. The molecule has 0 spiro atoms. The van der Waals surface area contributed by atoms with Crippen LogP contribution in [0.15, 0.2) is 36.5 Å². The fraction of sp³-hybridized carbons (Fsp3) is 0.200. The van der Waals surface area contributed by atoms with Crippen molar-refractivity contribution >= 4 is 23.3 Å². The molecule has 2 aromatic rings. The van der Waals surface area contributed by atoms with Crippen LogP contribution in [0.25, 0.3) is 0 Å². The van der Waals surface area contributed by atoms with E-state index in [-0.39, 0.29) is 22.8 Å². The van der Waals surface area contributed by atoms with Crippen molar-refractivity contribution in [2.24, 2.45) is 0 Å². The topological polar surface area (TPSA) is 124 Å². The average Bonchev–Trinajstić information content (AvgIpc) is 3.09. The molecule has 0 saturated heterocycles. The van der Waals surface area contributed by atoms with Crippen LogP contribution in [0.3, 0.4) is 0 Å². The quantitative estimate of drug-likeness (QED) is 0.474. The minimum Gasteiger partial charge on any atom is -0.495 e. The maximum absolute atomic E-state index is 12.1. The van der Waals surface area contributed by atoms with E-state index in [9.17, 15) is 19.7 Å². The zero-order valence-corrected chi connectivity index (χ0v) is 12.9. The Labute approximate surface area is 136 Å². The molecule has 0 aliphatic rings. The van der Waals surface area contributed by atoms with E-state index >= 15 is 0 Å². The fourth-order valence-corrected chi connectivity index (χ4v) is 1.88. The Kier molecular flexibility index (Phi) is 5.15. The highest BCUT2D eigenvalue weighted by Crippen LogP contribution is 2.29. The molecule has 1 heterocycles. The number of carbonyl (C=O) groups is 2. The van der Waals surface area contributed by atoms with Crippen molar-refractivity contribution in [3.05, 3.63) is 52.3 Å². The number of ether oxygens (including phenoxy) is 2. The van der Waals surface area contributed by atoms with Gasteiger partial charge in [0.05, 0.1) is 17.7 Å². The van der Waals surface area contributed by atoms with Gasteiger partial charge < -0.3 is 19.8 Å². The number of nitrogens with zero attached hydrogens (tertiary/aromatic N) is 1. The number of methoxy groups -OCH3 is 1. The van der Waals surface area contributed by atoms with Gasteiger partial charge >= 0.3 is 5.97 Å². The van der Waals surface area contributed by atoms with Crippen molar-refractivity contribution in [2.75, 3.05) is 12.4 Å². The molecule has 0 fully saturated rings. The Morgan fingerprint density at radius 3 is 2.67 bits per heavy atom. The molecule has 0 bridgehead atoms. The summed E-state index contributed by atoms with van der Waals surface area (Å²) in [5.74, 6) is -1.08. The second-order valence-electron chi connectivity index (χ2n) is 4.76. The summed E-state index contributed by atoms with van der Waals surface area (Å²) >= 11 is 0. The zero-order valence-electron chi connectivity index (χ0n) is 12.9. The summed E-state index contributed by atoms with van der Waals surface area (Å²) < 4.78 is 10.1. The predicted octanol–water partition coefficient (Wildman–Crippen LogP) is 2.12. The number of non-ortho nitro benzene ring substituents is 1. The van der Waals surface area contributed by atoms with Crippen molar-refractivity contribution in [3.8, 4) is 5.75 Å². The molecule has 126 valence electrons. The first-order valence-corrected chi connectivity index (χ1v) is 6.90. The first kappa shape index (κ1) is 17.0.